The van der Waals surface area contributed by atoms with Gasteiger partial charge in [0.25, 0.3) is 0 Å². The lowest BCUT2D eigenvalue weighted by Crippen LogP contribution is -2.34. The average Bonchev–Trinajstić information content (AvgIpc) is 2.47. The van der Waals surface area contributed by atoms with Gasteiger partial charge in [-0.25, -0.2) is 0 Å². The van der Waals surface area contributed by atoms with Gasteiger partial charge >= 0.3 is 0 Å². The zero-order valence-electron chi connectivity index (χ0n) is 12.0. The summed E-state index contributed by atoms with van der Waals surface area (Å²) in [4.78, 5) is 0. The van der Waals surface area contributed by atoms with Crippen molar-refractivity contribution >= 4 is 11.8 Å². The molecule has 0 aliphatic carbocycles. The van der Waals surface area contributed by atoms with E-state index in [2.05, 4.69) is 36.1 Å². The van der Waals surface area contributed by atoms with E-state index in [4.69, 9.17) is 4.74 Å². The second-order valence-electron chi connectivity index (χ2n) is 5.35. The highest BCUT2D eigenvalue weighted by molar-refractivity contribution is 7.99. The summed E-state index contributed by atoms with van der Waals surface area (Å²) in [5.41, 5.74) is 1.37. The predicted octanol–water partition coefficient (Wildman–Crippen LogP) is 3.50. The van der Waals surface area contributed by atoms with Gasteiger partial charge in [0.05, 0.1) is 7.11 Å². The van der Waals surface area contributed by atoms with Gasteiger partial charge in [0.15, 0.2) is 0 Å². The molecule has 106 valence electrons. The smallest absolute Gasteiger partial charge is 0.118 e. The van der Waals surface area contributed by atoms with Gasteiger partial charge in [0, 0.05) is 17.8 Å². The number of hydrogen-bond donors (Lipinski definition) is 1. The molecule has 2 atom stereocenters. The number of rotatable bonds is 6. The third-order valence-electron chi connectivity index (χ3n) is 3.67. The van der Waals surface area contributed by atoms with E-state index < -0.39 is 0 Å². The van der Waals surface area contributed by atoms with Gasteiger partial charge in [0.2, 0.25) is 0 Å². The van der Waals surface area contributed by atoms with E-state index in [0.717, 1.165) is 24.0 Å². The molecule has 2 nitrogen and oxygen atoms in total. The van der Waals surface area contributed by atoms with E-state index in [-0.39, 0.29) is 0 Å². The Morgan fingerprint density at radius 1 is 1.32 bits per heavy atom. The lowest BCUT2D eigenvalue weighted by molar-refractivity contribution is 0.414. The number of thioether (sulfide) groups is 1. The van der Waals surface area contributed by atoms with Crippen molar-refractivity contribution in [2.75, 3.05) is 19.4 Å². The van der Waals surface area contributed by atoms with Crippen LogP contribution in [0.3, 0.4) is 0 Å². The Morgan fingerprint density at radius 3 is 2.74 bits per heavy atom. The van der Waals surface area contributed by atoms with Crippen LogP contribution < -0.4 is 10.1 Å². The summed E-state index contributed by atoms with van der Waals surface area (Å²) in [7, 11) is 1.71. The zero-order valence-corrected chi connectivity index (χ0v) is 12.8. The van der Waals surface area contributed by atoms with Crippen molar-refractivity contribution in [2.45, 2.75) is 43.9 Å². The van der Waals surface area contributed by atoms with E-state index in [9.17, 15) is 0 Å². The van der Waals surface area contributed by atoms with Crippen LogP contribution in [0.25, 0.3) is 0 Å². The number of methoxy groups -OCH3 is 1. The molecule has 1 N–H and O–H groups in total. The summed E-state index contributed by atoms with van der Waals surface area (Å²) in [6.45, 7) is 3.43. The Morgan fingerprint density at radius 2 is 2.11 bits per heavy atom. The molecule has 1 aromatic carbocycles. The highest BCUT2D eigenvalue weighted by atomic mass is 32.2. The number of ether oxygens (including phenoxy) is 1. The fourth-order valence-electron chi connectivity index (χ4n) is 2.49. The summed E-state index contributed by atoms with van der Waals surface area (Å²) < 4.78 is 5.18. The van der Waals surface area contributed by atoms with Crippen LogP contribution in [0.1, 0.15) is 31.7 Å². The largest absolute Gasteiger partial charge is 0.497 e. The molecule has 1 heterocycles. The molecule has 2 unspecified atom stereocenters. The van der Waals surface area contributed by atoms with Crippen LogP contribution in [0.2, 0.25) is 0 Å². The molecular formula is C16H25NOS. The highest BCUT2D eigenvalue weighted by Gasteiger charge is 2.14. The van der Waals surface area contributed by atoms with Crippen LogP contribution >= 0.6 is 11.8 Å². The third kappa shape index (κ3) is 5.07. The van der Waals surface area contributed by atoms with Gasteiger partial charge in [-0.15, -0.1) is 0 Å². The molecule has 0 spiro atoms. The van der Waals surface area contributed by atoms with E-state index >= 15 is 0 Å². The Kier molecular flexibility index (Phi) is 6.05. The first-order valence-electron chi connectivity index (χ1n) is 7.26. The Labute approximate surface area is 121 Å². The molecule has 0 aromatic heterocycles. The van der Waals surface area contributed by atoms with Gasteiger partial charge in [-0.3, -0.25) is 0 Å². The van der Waals surface area contributed by atoms with Crippen molar-refractivity contribution in [3.63, 3.8) is 0 Å². The average molecular weight is 279 g/mol. The van der Waals surface area contributed by atoms with Gasteiger partial charge in [-0.2, -0.15) is 11.8 Å². The maximum Gasteiger partial charge on any atom is 0.118 e. The fourth-order valence-corrected chi connectivity index (χ4v) is 3.74. The summed E-state index contributed by atoms with van der Waals surface area (Å²) >= 11 is 2.14. The molecule has 0 bridgehead atoms. The molecule has 1 saturated heterocycles. The maximum atomic E-state index is 5.18. The van der Waals surface area contributed by atoms with Crippen LogP contribution in [-0.4, -0.2) is 30.7 Å². The lowest BCUT2D eigenvalue weighted by Gasteiger charge is -2.23. The molecule has 19 heavy (non-hydrogen) atoms. The van der Waals surface area contributed by atoms with Gasteiger partial charge in [-0.05, 0) is 49.6 Å². The predicted molar refractivity (Wildman–Crippen MR) is 84.3 cm³/mol. The van der Waals surface area contributed by atoms with Crippen molar-refractivity contribution in [1.29, 1.82) is 0 Å². The first-order chi connectivity index (χ1) is 9.28. The summed E-state index contributed by atoms with van der Waals surface area (Å²) in [5.74, 6) is 2.28. The minimum atomic E-state index is 0.538. The summed E-state index contributed by atoms with van der Waals surface area (Å²) in [5, 5.41) is 4.50. The maximum absolute atomic E-state index is 5.18. The molecule has 0 saturated carbocycles. The molecule has 1 fully saturated rings. The topological polar surface area (TPSA) is 21.3 Å². The normalized spacial score (nSPS) is 21.1. The lowest BCUT2D eigenvalue weighted by atomic mass is 10.1. The van der Waals surface area contributed by atoms with E-state index in [1.54, 1.807) is 7.11 Å². The van der Waals surface area contributed by atoms with Crippen LogP contribution in [0.15, 0.2) is 24.3 Å². The van der Waals surface area contributed by atoms with Crippen molar-refractivity contribution < 1.29 is 4.74 Å². The number of hydrogen-bond acceptors (Lipinski definition) is 3. The third-order valence-corrected chi connectivity index (χ3v) is 5.07. The Balaban J connectivity index is 1.71. The molecule has 1 aliphatic rings. The van der Waals surface area contributed by atoms with E-state index in [1.807, 2.05) is 12.1 Å². The number of nitrogens with one attached hydrogen (secondary N) is 1. The van der Waals surface area contributed by atoms with Crippen LogP contribution in [0.4, 0.5) is 0 Å². The summed E-state index contributed by atoms with van der Waals surface area (Å²) in [6, 6.07) is 8.94. The van der Waals surface area contributed by atoms with Crippen LogP contribution in [0, 0.1) is 0 Å². The molecule has 0 radical (unpaired) electrons. The molecule has 0 amide bonds. The highest BCUT2D eigenvalue weighted by Crippen LogP contribution is 2.24. The Hall–Kier alpha value is -0.670. The van der Waals surface area contributed by atoms with Crippen molar-refractivity contribution in [1.82, 2.24) is 5.32 Å². The van der Waals surface area contributed by atoms with Crippen molar-refractivity contribution in [2.24, 2.45) is 0 Å². The summed E-state index contributed by atoms with van der Waals surface area (Å²) in [6.07, 6.45) is 5.28. The zero-order chi connectivity index (χ0) is 13.5. The van der Waals surface area contributed by atoms with E-state index in [1.165, 1.54) is 30.6 Å². The molecule has 1 aliphatic heterocycles. The molecular weight excluding hydrogens is 254 g/mol. The van der Waals surface area contributed by atoms with Gasteiger partial charge in [-0.1, -0.05) is 18.6 Å². The first-order valence-corrected chi connectivity index (χ1v) is 8.30. The Bertz CT molecular complexity index is 360. The SMILES string of the molecule is COc1ccc(CC(C)NCC2CCCCS2)cc1. The monoisotopic (exact) mass is 279 g/mol. The quantitative estimate of drug-likeness (QED) is 0.861. The van der Waals surface area contributed by atoms with Crippen molar-refractivity contribution in [3.8, 4) is 5.75 Å². The standard InChI is InChI=1S/C16H25NOS/c1-13(17-12-16-5-3-4-10-19-16)11-14-6-8-15(18-2)9-7-14/h6-9,13,16-17H,3-5,10-12H2,1-2H3. The molecule has 1 aromatic rings. The van der Waals surface area contributed by atoms with Crippen molar-refractivity contribution in [3.05, 3.63) is 29.8 Å². The number of benzene rings is 1. The minimum Gasteiger partial charge on any atom is -0.497 e. The van der Waals surface area contributed by atoms with Gasteiger partial charge in [0.1, 0.15) is 5.75 Å². The first kappa shape index (κ1) is 14.7. The van der Waals surface area contributed by atoms with Crippen LogP contribution in [-0.2, 0) is 6.42 Å². The van der Waals surface area contributed by atoms with Crippen LogP contribution in [0.5, 0.6) is 5.75 Å². The fraction of sp³-hybridized carbons (Fsp3) is 0.625. The second kappa shape index (κ2) is 7.81. The minimum absolute atomic E-state index is 0.538. The second-order valence-corrected chi connectivity index (χ2v) is 6.76. The van der Waals surface area contributed by atoms with Gasteiger partial charge < -0.3 is 10.1 Å². The molecule has 2 rings (SSSR count). The molecule has 3 heteroatoms. The van der Waals surface area contributed by atoms with E-state index in [0.29, 0.717) is 6.04 Å².